The van der Waals surface area contributed by atoms with Gasteiger partial charge in [0, 0.05) is 44.2 Å². The number of hydrogen-bond acceptors (Lipinski definition) is 6. The Morgan fingerprint density at radius 2 is 1.77 bits per heavy atom. The van der Waals surface area contributed by atoms with Crippen LogP contribution in [-0.2, 0) is 6.54 Å². The predicted octanol–water partition coefficient (Wildman–Crippen LogP) is 1.32. The van der Waals surface area contributed by atoms with E-state index in [0.29, 0.717) is 6.54 Å². The number of anilines is 1. The summed E-state index contributed by atoms with van der Waals surface area (Å²) in [5.41, 5.74) is 1.80. The van der Waals surface area contributed by atoms with Gasteiger partial charge in [0.2, 0.25) is 0 Å². The molecule has 1 aliphatic rings. The fraction of sp³-hybridized carbons (Fsp3) is 0.368. The summed E-state index contributed by atoms with van der Waals surface area (Å²) in [5, 5.41) is 5.40. The van der Waals surface area contributed by atoms with Crippen molar-refractivity contribution >= 4 is 16.7 Å². The molecule has 7 nitrogen and oxygen atoms in total. The van der Waals surface area contributed by atoms with E-state index in [1.807, 2.05) is 25.1 Å². The number of aromatic nitrogens is 4. The van der Waals surface area contributed by atoms with Crippen molar-refractivity contribution in [1.29, 1.82) is 0 Å². The number of fused-ring (bicyclic) bond motifs is 1. The van der Waals surface area contributed by atoms with Gasteiger partial charge in [0.25, 0.3) is 5.56 Å². The van der Waals surface area contributed by atoms with Crippen LogP contribution in [0.1, 0.15) is 5.69 Å². The first kappa shape index (κ1) is 16.7. The minimum Gasteiger partial charge on any atom is -0.353 e. The van der Waals surface area contributed by atoms with Gasteiger partial charge in [-0.1, -0.05) is 12.1 Å². The maximum absolute atomic E-state index is 11.9. The maximum atomic E-state index is 11.9. The summed E-state index contributed by atoms with van der Waals surface area (Å²) < 4.78 is 1.56. The summed E-state index contributed by atoms with van der Waals surface area (Å²) in [6.07, 6.45) is 1.64. The lowest BCUT2D eigenvalue weighted by Crippen LogP contribution is -2.48. The quantitative estimate of drug-likeness (QED) is 0.707. The first-order valence-corrected chi connectivity index (χ1v) is 8.92. The van der Waals surface area contributed by atoms with Crippen LogP contribution in [0.25, 0.3) is 10.9 Å². The number of aryl methyl sites for hydroxylation is 1. The van der Waals surface area contributed by atoms with Crippen LogP contribution in [-0.4, -0.2) is 57.4 Å². The van der Waals surface area contributed by atoms with Gasteiger partial charge in [-0.15, -0.1) is 0 Å². The second-order valence-corrected chi connectivity index (χ2v) is 6.58. The van der Waals surface area contributed by atoms with Crippen LogP contribution in [0.2, 0.25) is 0 Å². The molecular formula is C19H22N6O. The molecule has 1 aromatic carbocycles. The smallest absolute Gasteiger partial charge is 0.266 e. The molecule has 0 spiro atoms. The molecule has 7 heteroatoms. The first-order valence-electron chi connectivity index (χ1n) is 8.92. The zero-order valence-corrected chi connectivity index (χ0v) is 14.9. The Balaban J connectivity index is 1.39. The molecule has 0 saturated carbocycles. The summed E-state index contributed by atoms with van der Waals surface area (Å²) in [6, 6.07) is 11.5. The lowest BCUT2D eigenvalue weighted by molar-refractivity contribution is 0.242. The van der Waals surface area contributed by atoms with Gasteiger partial charge >= 0.3 is 0 Å². The third-order valence-corrected chi connectivity index (χ3v) is 4.82. The molecule has 1 aliphatic heterocycles. The molecule has 3 aromatic rings. The lowest BCUT2D eigenvalue weighted by Gasteiger charge is -2.35. The number of rotatable bonds is 4. The van der Waals surface area contributed by atoms with Crippen molar-refractivity contribution in [3.8, 4) is 0 Å². The Hall–Kier alpha value is -2.80. The molecule has 0 N–H and O–H groups in total. The molecule has 0 aliphatic carbocycles. The van der Waals surface area contributed by atoms with Gasteiger partial charge in [0.1, 0.15) is 12.1 Å². The number of piperazine rings is 1. The number of nitrogens with zero attached hydrogens (tertiary/aromatic N) is 6. The molecule has 0 unspecified atom stereocenters. The summed E-state index contributed by atoms with van der Waals surface area (Å²) >= 11 is 0. The van der Waals surface area contributed by atoms with Crippen molar-refractivity contribution in [3.05, 3.63) is 58.8 Å². The fourth-order valence-corrected chi connectivity index (χ4v) is 3.37. The molecule has 0 radical (unpaired) electrons. The van der Waals surface area contributed by atoms with Crippen LogP contribution in [0.5, 0.6) is 0 Å². The van der Waals surface area contributed by atoms with Crippen LogP contribution in [0.4, 0.5) is 5.82 Å². The zero-order valence-electron chi connectivity index (χ0n) is 14.9. The molecule has 3 heterocycles. The number of para-hydroxylation sites is 1. The molecule has 0 amide bonds. The average molecular weight is 350 g/mol. The molecule has 4 rings (SSSR count). The van der Waals surface area contributed by atoms with Gasteiger partial charge in [-0.05, 0) is 25.1 Å². The van der Waals surface area contributed by atoms with E-state index < -0.39 is 0 Å². The molecule has 1 fully saturated rings. The van der Waals surface area contributed by atoms with Gasteiger partial charge in [0.05, 0.1) is 17.8 Å². The van der Waals surface area contributed by atoms with Gasteiger partial charge in [-0.3, -0.25) is 9.69 Å². The molecule has 26 heavy (non-hydrogen) atoms. The third kappa shape index (κ3) is 3.43. The van der Waals surface area contributed by atoms with E-state index >= 15 is 0 Å². The average Bonchev–Trinajstić information content (AvgIpc) is 2.69. The largest absolute Gasteiger partial charge is 0.353 e. The van der Waals surface area contributed by atoms with Gasteiger partial charge < -0.3 is 4.90 Å². The van der Waals surface area contributed by atoms with Crippen LogP contribution in [0.15, 0.2) is 47.5 Å². The number of hydrogen-bond donors (Lipinski definition) is 0. The topological polar surface area (TPSA) is 67.2 Å². The third-order valence-electron chi connectivity index (χ3n) is 4.82. The van der Waals surface area contributed by atoms with E-state index in [0.717, 1.165) is 55.1 Å². The van der Waals surface area contributed by atoms with Crippen molar-refractivity contribution < 1.29 is 0 Å². The normalized spacial score (nSPS) is 15.5. The molecule has 2 aromatic heterocycles. The van der Waals surface area contributed by atoms with Crippen LogP contribution >= 0.6 is 0 Å². The van der Waals surface area contributed by atoms with Crippen molar-refractivity contribution in [1.82, 2.24) is 24.6 Å². The van der Waals surface area contributed by atoms with Crippen molar-refractivity contribution in [3.63, 3.8) is 0 Å². The first-order chi connectivity index (χ1) is 12.7. The van der Waals surface area contributed by atoms with Crippen LogP contribution in [0, 0.1) is 6.92 Å². The number of benzene rings is 1. The molecular weight excluding hydrogens is 328 g/mol. The maximum Gasteiger partial charge on any atom is 0.266 e. The van der Waals surface area contributed by atoms with E-state index in [1.54, 1.807) is 23.1 Å². The Morgan fingerprint density at radius 3 is 2.62 bits per heavy atom. The van der Waals surface area contributed by atoms with Gasteiger partial charge in [-0.25, -0.2) is 14.6 Å². The van der Waals surface area contributed by atoms with Crippen molar-refractivity contribution in [2.24, 2.45) is 0 Å². The van der Waals surface area contributed by atoms with Crippen molar-refractivity contribution in [2.45, 2.75) is 13.5 Å². The molecule has 0 bridgehead atoms. The lowest BCUT2D eigenvalue weighted by atomic mass is 10.2. The Kier molecular flexibility index (Phi) is 4.62. The highest BCUT2D eigenvalue weighted by atomic mass is 16.1. The minimum absolute atomic E-state index is 0.0401. The van der Waals surface area contributed by atoms with Crippen LogP contribution < -0.4 is 10.5 Å². The monoisotopic (exact) mass is 350 g/mol. The van der Waals surface area contributed by atoms with Gasteiger partial charge in [-0.2, -0.15) is 5.10 Å². The van der Waals surface area contributed by atoms with E-state index in [-0.39, 0.29) is 5.56 Å². The summed E-state index contributed by atoms with van der Waals surface area (Å²) in [7, 11) is 0. The minimum atomic E-state index is -0.0401. The highest BCUT2D eigenvalue weighted by molar-refractivity contribution is 5.89. The Labute approximate surface area is 151 Å². The van der Waals surface area contributed by atoms with Crippen LogP contribution in [0.3, 0.4) is 0 Å². The standard InChI is InChI=1S/C19H22N6O/c1-15-6-7-18(26)25(22-15)13-10-23-8-11-24(12-9-23)19-16-4-2-3-5-17(16)20-14-21-19/h2-7,14H,8-13H2,1H3. The molecule has 1 saturated heterocycles. The molecule has 0 atom stereocenters. The van der Waals surface area contributed by atoms with Crippen molar-refractivity contribution in [2.75, 3.05) is 37.6 Å². The second-order valence-electron chi connectivity index (χ2n) is 6.58. The summed E-state index contributed by atoms with van der Waals surface area (Å²) in [4.78, 5) is 25.4. The zero-order chi connectivity index (χ0) is 17.9. The fourth-order valence-electron chi connectivity index (χ4n) is 3.37. The SMILES string of the molecule is Cc1ccc(=O)n(CCN2CCN(c3ncnc4ccccc34)CC2)n1. The van der Waals surface area contributed by atoms with E-state index in [2.05, 4.69) is 30.9 Å². The Bertz CT molecular complexity index is 956. The highest BCUT2D eigenvalue weighted by Gasteiger charge is 2.19. The predicted molar refractivity (Wildman–Crippen MR) is 101 cm³/mol. The molecule has 134 valence electrons. The van der Waals surface area contributed by atoms with E-state index in [1.165, 1.54) is 0 Å². The Morgan fingerprint density at radius 1 is 0.962 bits per heavy atom. The van der Waals surface area contributed by atoms with E-state index in [4.69, 9.17) is 0 Å². The van der Waals surface area contributed by atoms with E-state index in [9.17, 15) is 4.79 Å². The van der Waals surface area contributed by atoms with Gasteiger partial charge in [0.15, 0.2) is 0 Å². The second kappa shape index (κ2) is 7.21. The highest BCUT2D eigenvalue weighted by Crippen LogP contribution is 2.23. The summed E-state index contributed by atoms with van der Waals surface area (Å²) in [5.74, 6) is 1.01. The summed E-state index contributed by atoms with van der Waals surface area (Å²) in [6.45, 7) is 7.07.